The number of aromatic nitrogens is 16. The Morgan fingerprint density at radius 2 is 0.729 bits per heavy atom. The zero-order chi connectivity index (χ0) is 32.7. The van der Waals surface area contributed by atoms with Gasteiger partial charge >= 0.3 is 0 Å². The number of hydrogen-bond acceptors (Lipinski definition) is 12. The highest BCUT2D eigenvalue weighted by atomic mass is 15.3. The maximum Gasteiger partial charge on any atom is 0.153 e. The third kappa shape index (κ3) is 6.81. The van der Waals surface area contributed by atoms with E-state index in [1.807, 2.05) is 73.6 Å². The molecule has 0 aliphatic heterocycles. The van der Waals surface area contributed by atoms with Crippen LogP contribution in [0.25, 0.3) is 11.4 Å². The van der Waals surface area contributed by atoms with Crippen molar-refractivity contribution in [2.75, 3.05) is 11.5 Å². The van der Waals surface area contributed by atoms with Crippen molar-refractivity contribution >= 4 is 11.6 Å². The molecule has 240 valence electrons. The molecule has 18 heteroatoms. The lowest BCUT2D eigenvalue weighted by Gasteiger charge is -2.13. The smallest absolute Gasteiger partial charge is 0.153 e. The molecule has 18 nitrogen and oxygen atoms in total. The van der Waals surface area contributed by atoms with Crippen LogP contribution in [-0.4, -0.2) is 78.6 Å². The molecule has 0 aliphatic rings. The third-order valence-electron chi connectivity index (χ3n) is 6.99. The fourth-order valence-corrected chi connectivity index (χ4v) is 4.98. The molecule has 0 unspecified atom stereocenters. The molecule has 0 aliphatic carbocycles. The standard InChI is InChI=1S/2C15H15N9/c2*16-15-14(24-9-3-6-19-24)12(10-22-7-1-4-17-22)20-13(21-15)11-23-8-2-5-18-23/h2*1-9H,10-11H2,(H2,16,20,21). The molecule has 0 bridgehead atoms. The van der Waals surface area contributed by atoms with Gasteiger partial charge in [-0.25, -0.2) is 29.3 Å². The maximum absolute atomic E-state index is 6.20. The third-order valence-corrected chi connectivity index (χ3v) is 6.99. The van der Waals surface area contributed by atoms with Crippen molar-refractivity contribution < 1.29 is 0 Å². The summed E-state index contributed by atoms with van der Waals surface area (Å²) in [5.74, 6) is 1.93. The summed E-state index contributed by atoms with van der Waals surface area (Å²) >= 11 is 0. The zero-order valence-electron chi connectivity index (χ0n) is 25.5. The van der Waals surface area contributed by atoms with Gasteiger partial charge < -0.3 is 11.5 Å². The highest BCUT2D eigenvalue weighted by Crippen LogP contribution is 2.21. The average molecular weight is 643 g/mol. The Hall–Kier alpha value is -6.98. The van der Waals surface area contributed by atoms with Gasteiger partial charge in [-0.3, -0.25) is 18.7 Å². The first kappa shape index (κ1) is 29.7. The predicted octanol–water partition coefficient (Wildman–Crippen LogP) is 1.47. The molecule has 0 radical (unpaired) electrons. The minimum absolute atomic E-state index is 0.373. The van der Waals surface area contributed by atoms with Gasteiger partial charge in [0, 0.05) is 74.4 Å². The van der Waals surface area contributed by atoms with E-state index >= 15 is 0 Å². The van der Waals surface area contributed by atoms with Crippen LogP contribution < -0.4 is 11.5 Å². The first-order valence-electron chi connectivity index (χ1n) is 14.8. The van der Waals surface area contributed by atoms with Gasteiger partial charge in [0.2, 0.25) is 0 Å². The SMILES string of the molecule is Nc1nc(Cn2cccn2)nc(Cn2cccn2)c1-n1cccn1.Nc1nc(Cn2cccn2)nc(Cn2cccn2)c1-n1cccn1. The van der Waals surface area contributed by atoms with Gasteiger partial charge in [0.05, 0.1) is 24.5 Å². The number of nitrogens with two attached hydrogens (primary N) is 2. The van der Waals surface area contributed by atoms with Crippen molar-refractivity contribution in [3.8, 4) is 11.4 Å². The van der Waals surface area contributed by atoms with Gasteiger partial charge in [-0.2, -0.15) is 30.6 Å². The van der Waals surface area contributed by atoms with Crippen LogP contribution in [0.5, 0.6) is 0 Å². The number of anilines is 2. The van der Waals surface area contributed by atoms with Crippen molar-refractivity contribution in [3.05, 3.63) is 134 Å². The van der Waals surface area contributed by atoms with Crippen LogP contribution in [0.3, 0.4) is 0 Å². The van der Waals surface area contributed by atoms with Crippen LogP contribution >= 0.6 is 0 Å². The molecule has 8 aromatic heterocycles. The van der Waals surface area contributed by atoms with E-state index in [1.54, 1.807) is 65.3 Å². The van der Waals surface area contributed by atoms with E-state index in [2.05, 4.69) is 50.5 Å². The molecule has 8 aromatic rings. The van der Waals surface area contributed by atoms with Crippen molar-refractivity contribution in [2.45, 2.75) is 26.2 Å². The van der Waals surface area contributed by atoms with E-state index in [1.165, 1.54) is 0 Å². The van der Waals surface area contributed by atoms with Crippen LogP contribution in [0, 0.1) is 0 Å². The normalized spacial score (nSPS) is 11.0. The summed E-state index contributed by atoms with van der Waals surface area (Å²) in [5, 5.41) is 25.3. The Kier molecular flexibility index (Phi) is 8.40. The highest BCUT2D eigenvalue weighted by Gasteiger charge is 2.17. The summed E-state index contributed by atoms with van der Waals surface area (Å²) in [6, 6.07) is 11.1. The topological polar surface area (TPSA) is 211 Å². The summed E-state index contributed by atoms with van der Waals surface area (Å²) in [4.78, 5) is 18.1. The molecular formula is C30H30N18. The first-order chi connectivity index (χ1) is 23.6. The lowest BCUT2D eigenvalue weighted by molar-refractivity contribution is 0.627. The number of nitrogens with zero attached hydrogens (tertiary/aromatic N) is 16. The molecule has 48 heavy (non-hydrogen) atoms. The summed E-state index contributed by atoms with van der Waals surface area (Å²) < 4.78 is 10.4. The predicted molar refractivity (Wildman–Crippen MR) is 172 cm³/mol. The fraction of sp³-hybridized carbons (Fsp3) is 0.133. The van der Waals surface area contributed by atoms with Crippen molar-refractivity contribution in [1.82, 2.24) is 78.6 Å². The Morgan fingerprint density at radius 1 is 0.396 bits per heavy atom. The summed E-state index contributed by atoms with van der Waals surface area (Å²) in [6.07, 6.45) is 21.3. The fourth-order valence-electron chi connectivity index (χ4n) is 4.98. The largest absolute Gasteiger partial charge is 0.382 e. The minimum Gasteiger partial charge on any atom is -0.382 e. The van der Waals surface area contributed by atoms with Crippen molar-refractivity contribution in [2.24, 2.45) is 0 Å². The van der Waals surface area contributed by atoms with E-state index in [0.29, 0.717) is 60.8 Å². The maximum atomic E-state index is 6.20. The van der Waals surface area contributed by atoms with Crippen LogP contribution in [0.15, 0.2) is 111 Å². The van der Waals surface area contributed by atoms with Crippen LogP contribution in [0.4, 0.5) is 11.6 Å². The number of nitrogen functional groups attached to an aromatic ring is 2. The molecule has 8 rings (SSSR count). The first-order valence-corrected chi connectivity index (χ1v) is 14.8. The molecule has 0 saturated carbocycles. The van der Waals surface area contributed by atoms with Crippen LogP contribution in [0.2, 0.25) is 0 Å². The second kappa shape index (κ2) is 13.6. The van der Waals surface area contributed by atoms with Crippen LogP contribution in [0.1, 0.15) is 23.0 Å². The van der Waals surface area contributed by atoms with E-state index < -0.39 is 0 Å². The Morgan fingerprint density at radius 3 is 1.04 bits per heavy atom. The Labute approximate surface area is 272 Å². The monoisotopic (exact) mass is 642 g/mol. The molecular weight excluding hydrogens is 612 g/mol. The van der Waals surface area contributed by atoms with Crippen molar-refractivity contribution in [1.29, 1.82) is 0 Å². The van der Waals surface area contributed by atoms with Crippen molar-refractivity contribution in [3.63, 3.8) is 0 Å². The summed E-state index contributed by atoms with van der Waals surface area (Å²) in [6.45, 7) is 1.84. The second-order valence-corrected chi connectivity index (χ2v) is 10.4. The van der Waals surface area contributed by atoms with Gasteiger partial charge in [0.25, 0.3) is 0 Å². The molecule has 0 atom stereocenters. The van der Waals surface area contributed by atoms with Gasteiger partial charge in [-0.1, -0.05) is 0 Å². The zero-order valence-corrected chi connectivity index (χ0v) is 25.5. The van der Waals surface area contributed by atoms with Gasteiger partial charge in [0.15, 0.2) is 23.3 Å². The molecule has 8 heterocycles. The Bertz CT molecular complexity index is 1970. The summed E-state index contributed by atoms with van der Waals surface area (Å²) in [7, 11) is 0. The quantitative estimate of drug-likeness (QED) is 0.217. The van der Waals surface area contributed by atoms with E-state index in [-0.39, 0.29) is 0 Å². The number of rotatable bonds is 10. The summed E-state index contributed by atoms with van der Waals surface area (Å²) in [5.41, 5.74) is 15.2. The van der Waals surface area contributed by atoms with Gasteiger partial charge in [-0.05, 0) is 36.4 Å². The second-order valence-electron chi connectivity index (χ2n) is 10.4. The van der Waals surface area contributed by atoms with Crippen LogP contribution in [-0.2, 0) is 26.2 Å². The average Bonchev–Trinajstić information content (AvgIpc) is 3.91. The molecule has 0 saturated heterocycles. The van der Waals surface area contributed by atoms with Gasteiger partial charge in [0.1, 0.15) is 24.5 Å². The van der Waals surface area contributed by atoms with E-state index in [0.717, 1.165) is 11.4 Å². The Balaban J connectivity index is 0.000000152. The molecule has 0 amide bonds. The van der Waals surface area contributed by atoms with Gasteiger partial charge in [-0.15, -0.1) is 0 Å². The number of hydrogen-bond donors (Lipinski definition) is 2. The van der Waals surface area contributed by atoms with E-state index in [4.69, 9.17) is 11.5 Å². The minimum atomic E-state index is 0.373. The highest BCUT2D eigenvalue weighted by molar-refractivity contribution is 5.55. The lowest BCUT2D eigenvalue weighted by atomic mass is 10.3. The molecule has 0 spiro atoms. The molecule has 4 N–H and O–H groups in total. The molecule has 0 fully saturated rings. The van der Waals surface area contributed by atoms with E-state index in [9.17, 15) is 0 Å². The lowest BCUT2D eigenvalue weighted by Crippen LogP contribution is -2.16. The molecule has 0 aromatic carbocycles.